The second kappa shape index (κ2) is 7.07. The van der Waals surface area contributed by atoms with Crippen LogP contribution in [0.4, 0.5) is 18.0 Å². The van der Waals surface area contributed by atoms with Crippen molar-refractivity contribution in [3.05, 3.63) is 0 Å². The Bertz CT molecular complexity index is 559. The molecule has 1 saturated heterocycles. The lowest BCUT2D eigenvalue weighted by atomic mass is 9.85. The first kappa shape index (κ1) is 19.3. The summed E-state index contributed by atoms with van der Waals surface area (Å²) >= 11 is 0. The highest BCUT2D eigenvalue weighted by molar-refractivity contribution is 7.90. The number of nitrogens with one attached hydrogen (secondary N) is 2. The Morgan fingerprint density at radius 2 is 1.92 bits per heavy atom. The zero-order valence-corrected chi connectivity index (χ0v) is 14.5. The molecule has 10 heteroatoms. The van der Waals surface area contributed by atoms with E-state index < -0.39 is 39.4 Å². The summed E-state index contributed by atoms with van der Waals surface area (Å²) in [6, 6.07) is -0.625. The van der Waals surface area contributed by atoms with E-state index in [0.29, 0.717) is 12.8 Å². The zero-order valence-electron chi connectivity index (χ0n) is 13.7. The molecule has 1 aliphatic heterocycles. The summed E-state index contributed by atoms with van der Waals surface area (Å²) in [5.74, 6) is 0. The first-order valence-corrected chi connectivity index (χ1v) is 9.74. The molecule has 1 saturated carbocycles. The van der Waals surface area contributed by atoms with Gasteiger partial charge >= 0.3 is 12.2 Å². The Morgan fingerprint density at radius 1 is 1.29 bits per heavy atom. The van der Waals surface area contributed by atoms with Gasteiger partial charge in [0.2, 0.25) is 10.0 Å². The van der Waals surface area contributed by atoms with E-state index in [2.05, 4.69) is 10.0 Å². The van der Waals surface area contributed by atoms with Crippen LogP contribution in [0.3, 0.4) is 0 Å². The molecule has 24 heavy (non-hydrogen) atoms. The third kappa shape index (κ3) is 3.96. The lowest BCUT2D eigenvalue weighted by Crippen LogP contribution is -2.49. The summed E-state index contributed by atoms with van der Waals surface area (Å²) in [6.45, 7) is 1.70. The molecule has 1 unspecified atom stereocenters. The summed E-state index contributed by atoms with van der Waals surface area (Å²) in [7, 11) is -3.49. The van der Waals surface area contributed by atoms with E-state index in [0.717, 1.165) is 0 Å². The molecule has 0 radical (unpaired) electrons. The Morgan fingerprint density at radius 3 is 2.46 bits per heavy atom. The molecule has 0 aromatic rings. The maximum atomic E-state index is 13.3. The molecule has 1 atom stereocenters. The first-order chi connectivity index (χ1) is 11.1. The normalized spacial score (nSPS) is 24.3. The Labute approximate surface area is 140 Å². The van der Waals surface area contributed by atoms with E-state index in [-0.39, 0.29) is 38.9 Å². The van der Waals surface area contributed by atoms with Crippen LogP contribution < -0.4 is 10.0 Å². The highest BCUT2D eigenvalue weighted by atomic mass is 32.2. The molecular formula is C14H24F3N3O3S. The van der Waals surface area contributed by atoms with Gasteiger partial charge in [0.05, 0.1) is 10.7 Å². The molecule has 140 valence electrons. The fraction of sp³-hybridized carbons (Fsp3) is 0.929. The van der Waals surface area contributed by atoms with Gasteiger partial charge in [0.25, 0.3) is 0 Å². The smallest absolute Gasteiger partial charge is 0.337 e. The first-order valence-electron chi connectivity index (χ1n) is 8.19. The highest BCUT2D eigenvalue weighted by Gasteiger charge is 2.55. The van der Waals surface area contributed by atoms with Gasteiger partial charge in [-0.05, 0) is 19.3 Å². The molecule has 0 bridgehead atoms. The maximum absolute atomic E-state index is 13.3. The minimum absolute atomic E-state index is 0.000183. The third-order valence-corrected chi connectivity index (χ3v) is 6.91. The average molecular weight is 371 g/mol. The number of carbonyl (C=O) groups is 1. The van der Waals surface area contributed by atoms with Crippen LogP contribution in [0.1, 0.15) is 39.0 Å². The molecule has 1 aliphatic carbocycles. The maximum Gasteiger partial charge on any atom is 0.396 e. The van der Waals surface area contributed by atoms with Gasteiger partial charge in [-0.3, -0.25) is 0 Å². The Balaban J connectivity index is 1.92. The SMILES string of the molecule is CCNS(=O)(=O)C1CCN(C(=O)NCC2(C(F)(F)F)CCCC2)C1. The third-order valence-electron chi connectivity index (χ3n) is 4.96. The van der Waals surface area contributed by atoms with Gasteiger partial charge < -0.3 is 10.2 Å². The fourth-order valence-electron chi connectivity index (χ4n) is 3.45. The quantitative estimate of drug-likeness (QED) is 0.774. The van der Waals surface area contributed by atoms with Gasteiger partial charge in [-0.25, -0.2) is 17.9 Å². The molecule has 0 aromatic heterocycles. The van der Waals surface area contributed by atoms with Crippen LogP contribution in [0.2, 0.25) is 0 Å². The van der Waals surface area contributed by atoms with Gasteiger partial charge in [-0.15, -0.1) is 0 Å². The van der Waals surface area contributed by atoms with E-state index in [1.54, 1.807) is 6.92 Å². The van der Waals surface area contributed by atoms with Crippen LogP contribution >= 0.6 is 0 Å². The summed E-state index contributed by atoms with van der Waals surface area (Å²) in [6.07, 6.45) is -3.02. The number of sulfonamides is 1. The van der Waals surface area contributed by atoms with Crippen molar-refractivity contribution in [1.82, 2.24) is 14.9 Å². The topological polar surface area (TPSA) is 78.5 Å². The number of rotatable bonds is 5. The van der Waals surface area contributed by atoms with Crippen LogP contribution in [0.15, 0.2) is 0 Å². The standard InChI is InChI=1S/C14H24F3N3O3S/c1-2-19-24(22,23)11-5-8-20(9-11)12(21)18-10-13(14(15,16)17)6-3-4-7-13/h11,19H,2-10H2,1H3,(H,18,21). The summed E-state index contributed by atoms with van der Waals surface area (Å²) in [4.78, 5) is 13.4. The number of alkyl halides is 3. The van der Waals surface area contributed by atoms with Crippen LogP contribution in [0, 0.1) is 5.41 Å². The average Bonchev–Trinajstić information content (AvgIpc) is 3.14. The molecule has 0 aromatic carbocycles. The molecular weight excluding hydrogens is 347 g/mol. The van der Waals surface area contributed by atoms with Crippen LogP contribution in [0.5, 0.6) is 0 Å². The van der Waals surface area contributed by atoms with Crippen molar-refractivity contribution in [1.29, 1.82) is 0 Å². The summed E-state index contributed by atoms with van der Waals surface area (Å²) in [5, 5.41) is 1.65. The fourth-order valence-corrected chi connectivity index (χ4v) is 4.88. The zero-order chi connectivity index (χ0) is 18.0. The molecule has 2 aliphatic rings. The van der Waals surface area contributed by atoms with Crippen LogP contribution in [0.25, 0.3) is 0 Å². The molecule has 2 fully saturated rings. The largest absolute Gasteiger partial charge is 0.396 e. The minimum Gasteiger partial charge on any atom is -0.337 e. The second-order valence-corrected chi connectivity index (χ2v) is 8.59. The van der Waals surface area contributed by atoms with Crippen molar-refractivity contribution in [2.75, 3.05) is 26.2 Å². The molecule has 2 N–H and O–H groups in total. The second-order valence-electron chi connectivity index (χ2n) is 6.54. The van der Waals surface area contributed by atoms with E-state index >= 15 is 0 Å². The minimum atomic E-state index is -4.35. The van der Waals surface area contributed by atoms with Crippen molar-refractivity contribution in [2.45, 2.75) is 50.5 Å². The Kier molecular flexibility index (Phi) is 5.68. The van der Waals surface area contributed by atoms with E-state index in [1.165, 1.54) is 4.90 Å². The van der Waals surface area contributed by atoms with Crippen molar-refractivity contribution in [2.24, 2.45) is 5.41 Å². The molecule has 0 spiro atoms. The van der Waals surface area contributed by atoms with Crippen molar-refractivity contribution in [3.63, 3.8) is 0 Å². The molecule has 2 rings (SSSR count). The van der Waals surface area contributed by atoms with E-state index in [4.69, 9.17) is 0 Å². The molecule has 2 amide bonds. The van der Waals surface area contributed by atoms with E-state index in [9.17, 15) is 26.4 Å². The molecule has 6 nitrogen and oxygen atoms in total. The number of carbonyl (C=O) groups excluding carboxylic acids is 1. The lowest BCUT2D eigenvalue weighted by Gasteiger charge is -2.32. The lowest BCUT2D eigenvalue weighted by molar-refractivity contribution is -0.219. The Hall–Kier alpha value is -1.03. The van der Waals surface area contributed by atoms with Gasteiger partial charge in [0.15, 0.2) is 0 Å². The number of amides is 2. The monoisotopic (exact) mass is 371 g/mol. The van der Waals surface area contributed by atoms with Crippen molar-refractivity contribution in [3.8, 4) is 0 Å². The number of nitrogens with zero attached hydrogens (tertiary/aromatic N) is 1. The highest BCUT2D eigenvalue weighted by Crippen LogP contribution is 2.49. The van der Waals surface area contributed by atoms with Crippen LogP contribution in [-0.2, 0) is 10.0 Å². The number of halogens is 3. The number of likely N-dealkylation sites (tertiary alicyclic amines) is 1. The summed E-state index contributed by atoms with van der Waals surface area (Å²) in [5.41, 5.74) is -1.85. The predicted molar refractivity (Wildman–Crippen MR) is 82.9 cm³/mol. The number of hydrogen-bond acceptors (Lipinski definition) is 3. The van der Waals surface area contributed by atoms with Gasteiger partial charge in [0.1, 0.15) is 0 Å². The van der Waals surface area contributed by atoms with Crippen molar-refractivity contribution < 1.29 is 26.4 Å². The number of urea groups is 1. The van der Waals surface area contributed by atoms with E-state index in [1.807, 2.05) is 0 Å². The van der Waals surface area contributed by atoms with Gasteiger partial charge in [-0.1, -0.05) is 19.8 Å². The van der Waals surface area contributed by atoms with Crippen LogP contribution in [-0.4, -0.2) is 57.0 Å². The van der Waals surface area contributed by atoms with Gasteiger partial charge in [-0.2, -0.15) is 13.2 Å². The van der Waals surface area contributed by atoms with Crippen molar-refractivity contribution >= 4 is 16.1 Å². The predicted octanol–water partition coefficient (Wildman–Crippen LogP) is 1.83. The van der Waals surface area contributed by atoms with Gasteiger partial charge in [0, 0.05) is 26.2 Å². The molecule has 1 heterocycles. The number of hydrogen-bond donors (Lipinski definition) is 2. The summed E-state index contributed by atoms with van der Waals surface area (Å²) < 4.78 is 66.1.